The Bertz CT molecular complexity index is 855. The number of aliphatic hydroxyl groups excluding tert-OH is 4. The zero-order valence-corrected chi connectivity index (χ0v) is 34.7. The van der Waals surface area contributed by atoms with E-state index in [1.54, 1.807) is 0 Å². The Morgan fingerprint density at radius 2 is 0.870 bits per heavy atom. The minimum Gasteiger partial charge on any atom is -0.462 e. The highest BCUT2D eigenvalue weighted by atomic mass is 16.7. The predicted octanol–water partition coefficient (Wildman–Crippen LogP) is 9.39. The van der Waals surface area contributed by atoms with Gasteiger partial charge in [0.1, 0.15) is 31.0 Å². The van der Waals surface area contributed by atoms with Gasteiger partial charge in [0, 0.05) is 12.8 Å². The molecular formula is C44H84O10. The maximum Gasteiger partial charge on any atom is 0.306 e. The smallest absolute Gasteiger partial charge is 0.306 e. The second kappa shape index (κ2) is 36.1. The van der Waals surface area contributed by atoms with Crippen LogP contribution in [-0.4, -0.2) is 89.0 Å². The molecule has 1 aliphatic rings. The van der Waals surface area contributed by atoms with E-state index in [1.165, 1.54) is 141 Å². The van der Waals surface area contributed by atoms with Gasteiger partial charge in [-0.25, -0.2) is 0 Å². The van der Waals surface area contributed by atoms with E-state index in [0.717, 1.165) is 38.5 Å². The van der Waals surface area contributed by atoms with Crippen molar-refractivity contribution in [1.82, 2.24) is 0 Å². The van der Waals surface area contributed by atoms with Crippen LogP contribution in [0.5, 0.6) is 0 Å². The average Bonchev–Trinajstić information content (AvgIpc) is 3.17. The van der Waals surface area contributed by atoms with Crippen LogP contribution in [0.4, 0.5) is 0 Å². The highest BCUT2D eigenvalue weighted by molar-refractivity contribution is 5.70. The van der Waals surface area contributed by atoms with E-state index in [-0.39, 0.29) is 32.0 Å². The molecule has 10 nitrogen and oxygen atoms in total. The Morgan fingerprint density at radius 1 is 0.500 bits per heavy atom. The van der Waals surface area contributed by atoms with E-state index >= 15 is 0 Å². The summed E-state index contributed by atoms with van der Waals surface area (Å²) in [6.45, 7) is 3.43. The lowest BCUT2D eigenvalue weighted by molar-refractivity contribution is -0.305. The number of unbranched alkanes of at least 4 members (excludes halogenated alkanes) is 27. The largest absolute Gasteiger partial charge is 0.462 e. The molecule has 1 fully saturated rings. The first-order valence-corrected chi connectivity index (χ1v) is 22.6. The SMILES string of the molecule is CCCCCCCCCCCCCCCCCCCCCC(=O)OC(COC(=O)CCCCCCCCCCCC)COC1OC(CO)C(O)C(O)C1O. The Kier molecular flexibility index (Phi) is 33.9. The average molecular weight is 773 g/mol. The summed E-state index contributed by atoms with van der Waals surface area (Å²) < 4.78 is 22.1. The molecule has 0 aliphatic carbocycles. The highest BCUT2D eigenvalue weighted by Gasteiger charge is 2.44. The third-order valence-corrected chi connectivity index (χ3v) is 10.7. The Morgan fingerprint density at radius 3 is 1.26 bits per heavy atom. The van der Waals surface area contributed by atoms with E-state index < -0.39 is 49.4 Å². The minimum atomic E-state index is -1.59. The van der Waals surface area contributed by atoms with Crippen LogP contribution in [0.3, 0.4) is 0 Å². The van der Waals surface area contributed by atoms with Crippen molar-refractivity contribution in [3.8, 4) is 0 Å². The molecule has 6 unspecified atom stereocenters. The van der Waals surface area contributed by atoms with Gasteiger partial charge < -0.3 is 39.4 Å². The first-order chi connectivity index (χ1) is 26.3. The van der Waals surface area contributed by atoms with Gasteiger partial charge in [-0.15, -0.1) is 0 Å². The number of ether oxygens (including phenoxy) is 4. The maximum absolute atomic E-state index is 12.8. The number of carbonyl (C=O) groups is 2. The van der Waals surface area contributed by atoms with Gasteiger partial charge in [0.2, 0.25) is 0 Å². The summed E-state index contributed by atoms with van der Waals surface area (Å²) >= 11 is 0. The van der Waals surface area contributed by atoms with E-state index in [4.69, 9.17) is 18.9 Å². The van der Waals surface area contributed by atoms with Crippen molar-refractivity contribution in [2.45, 2.75) is 250 Å². The van der Waals surface area contributed by atoms with Gasteiger partial charge in [0.05, 0.1) is 13.2 Å². The monoisotopic (exact) mass is 773 g/mol. The Labute approximate surface area is 329 Å². The third kappa shape index (κ3) is 27.3. The van der Waals surface area contributed by atoms with Gasteiger partial charge in [-0.1, -0.05) is 187 Å². The molecule has 0 aromatic heterocycles. The molecule has 0 radical (unpaired) electrons. The van der Waals surface area contributed by atoms with Gasteiger partial charge in [0.15, 0.2) is 12.4 Å². The first kappa shape index (κ1) is 50.7. The zero-order chi connectivity index (χ0) is 39.5. The van der Waals surface area contributed by atoms with Crippen LogP contribution in [0.15, 0.2) is 0 Å². The molecule has 6 atom stereocenters. The lowest BCUT2D eigenvalue weighted by atomic mass is 9.99. The van der Waals surface area contributed by atoms with Crippen LogP contribution in [0, 0.1) is 0 Å². The van der Waals surface area contributed by atoms with Crippen LogP contribution in [-0.2, 0) is 28.5 Å². The lowest BCUT2D eigenvalue weighted by Gasteiger charge is -2.39. The number of aliphatic hydroxyl groups is 4. The Hall–Kier alpha value is -1.30. The second-order valence-electron chi connectivity index (χ2n) is 15.9. The summed E-state index contributed by atoms with van der Waals surface area (Å²) in [4.78, 5) is 25.2. The van der Waals surface area contributed by atoms with E-state index in [9.17, 15) is 30.0 Å². The summed E-state index contributed by atoms with van der Waals surface area (Å²) in [5.41, 5.74) is 0. The molecule has 0 amide bonds. The highest BCUT2D eigenvalue weighted by Crippen LogP contribution is 2.23. The standard InChI is InChI=1S/C44H84O10/c1-3-5-7-9-11-13-15-16-17-18-19-20-21-22-23-25-27-29-31-33-40(47)53-37(36-52-44-43(50)42(49)41(48)38(34-45)54-44)35-51-39(46)32-30-28-26-24-14-12-10-8-6-4-2/h37-38,41-45,48-50H,3-36H2,1-2H3. The van der Waals surface area contributed by atoms with E-state index in [2.05, 4.69) is 13.8 Å². The minimum absolute atomic E-state index is 0.209. The number of esters is 2. The molecule has 0 bridgehead atoms. The number of hydrogen-bond acceptors (Lipinski definition) is 10. The molecular weight excluding hydrogens is 688 g/mol. The molecule has 54 heavy (non-hydrogen) atoms. The maximum atomic E-state index is 12.8. The fourth-order valence-corrected chi connectivity index (χ4v) is 7.13. The molecule has 1 saturated heterocycles. The number of carbonyl (C=O) groups excluding carboxylic acids is 2. The molecule has 4 N–H and O–H groups in total. The molecule has 1 rings (SSSR count). The summed E-state index contributed by atoms with van der Waals surface area (Å²) in [6.07, 6.45) is 28.3. The van der Waals surface area contributed by atoms with E-state index in [0.29, 0.717) is 6.42 Å². The van der Waals surface area contributed by atoms with Crippen molar-refractivity contribution in [2.24, 2.45) is 0 Å². The van der Waals surface area contributed by atoms with Crippen molar-refractivity contribution >= 4 is 11.9 Å². The molecule has 0 saturated carbocycles. The molecule has 320 valence electrons. The van der Waals surface area contributed by atoms with Crippen molar-refractivity contribution in [1.29, 1.82) is 0 Å². The van der Waals surface area contributed by atoms with Crippen molar-refractivity contribution in [3.05, 3.63) is 0 Å². The normalized spacial score (nSPS) is 20.6. The van der Waals surface area contributed by atoms with Crippen molar-refractivity contribution in [2.75, 3.05) is 19.8 Å². The summed E-state index contributed by atoms with van der Waals surface area (Å²) in [5.74, 6) is -0.794. The molecule has 1 aliphatic heterocycles. The van der Waals surface area contributed by atoms with Gasteiger partial charge in [-0.2, -0.15) is 0 Å². The predicted molar refractivity (Wildman–Crippen MR) is 215 cm³/mol. The number of rotatable bonds is 38. The lowest BCUT2D eigenvalue weighted by Crippen LogP contribution is -2.59. The fourth-order valence-electron chi connectivity index (χ4n) is 7.13. The molecule has 0 aromatic rings. The van der Waals surface area contributed by atoms with Gasteiger partial charge in [-0.3, -0.25) is 9.59 Å². The second-order valence-corrected chi connectivity index (χ2v) is 15.9. The summed E-state index contributed by atoms with van der Waals surface area (Å²) in [5, 5.41) is 40.0. The molecule has 0 aromatic carbocycles. The summed E-state index contributed by atoms with van der Waals surface area (Å²) in [7, 11) is 0. The third-order valence-electron chi connectivity index (χ3n) is 10.7. The van der Waals surface area contributed by atoms with Crippen LogP contribution < -0.4 is 0 Å². The first-order valence-electron chi connectivity index (χ1n) is 22.6. The molecule has 1 heterocycles. The van der Waals surface area contributed by atoms with Crippen molar-refractivity contribution in [3.63, 3.8) is 0 Å². The van der Waals surface area contributed by atoms with Gasteiger partial charge in [0.25, 0.3) is 0 Å². The quantitative estimate of drug-likeness (QED) is 0.0353. The van der Waals surface area contributed by atoms with Crippen molar-refractivity contribution < 1.29 is 49.0 Å². The van der Waals surface area contributed by atoms with Crippen LogP contribution in [0.25, 0.3) is 0 Å². The fraction of sp³-hybridized carbons (Fsp3) is 0.955. The van der Waals surface area contributed by atoms with E-state index in [1.807, 2.05) is 0 Å². The Balaban J connectivity index is 2.27. The topological polar surface area (TPSA) is 152 Å². The molecule has 0 spiro atoms. The summed E-state index contributed by atoms with van der Waals surface area (Å²) in [6, 6.07) is 0. The van der Waals surface area contributed by atoms with Crippen LogP contribution in [0.2, 0.25) is 0 Å². The zero-order valence-electron chi connectivity index (χ0n) is 34.7. The molecule has 10 heteroatoms. The van der Waals surface area contributed by atoms with Gasteiger partial charge in [-0.05, 0) is 12.8 Å². The van der Waals surface area contributed by atoms with Crippen LogP contribution >= 0.6 is 0 Å². The van der Waals surface area contributed by atoms with Gasteiger partial charge >= 0.3 is 11.9 Å². The number of hydrogen-bond donors (Lipinski definition) is 4. The van der Waals surface area contributed by atoms with Crippen LogP contribution in [0.1, 0.15) is 213 Å².